The van der Waals surface area contributed by atoms with Crippen molar-refractivity contribution in [3.05, 3.63) is 66.8 Å². The summed E-state index contributed by atoms with van der Waals surface area (Å²) in [6.07, 6.45) is 5.05. The minimum atomic E-state index is 0.0367. The number of furan rings is 1. The first-order valence-corrected chi connectivity index (χ1v) is 7.21. The smallest absolute Gasteiger partial charge is 0.159 e. The molecule has 0 aliphatic carbocycles. The van der Waals surface area contributed by atoms with E-state index in [-0.39, 0.29) is 5.78 Å². The van der Waals surface area contributed by atoms with Gasteiger partial charge in [0.1, 0.15) is 0 Å². The number of aromatic nitrogens is 3. The molecule has 3 heterocycles. The summed E-state index contributed by atoms with van der Waals surface area (Å²) in [7, 11) is 0. The average Bonchev–Trinajstić information content (AvgIpc) is 3.23. The van der Waals surface area contributed by atoms with E-state index in [0.29, 0.717) is 5.56 Å². The highest BCUT2D eigenvalue weighted by atomic mass is 16.3. The molecular formula is C18H13N3O2. The van der Waals surface area contributed by atoms with Crippen LogP contribution in [0.3, 0.4) is 0 Å². The zero-order chi connectivity index (χ0) is 15.8. The van der Waals surface area contributed by atoms with Crippen LogP contribution in [-0.2, 0) is 0 Å². The van der Waals surface area contributed by atoms with Crippen molar-refractivity contribution < 1.29 is 9.21 Å². The Morgan fingerprint density at radius 2 is 2.04 bits per heavy atom. The first kappa shape index (κ1) is 13.5. The molecule has 0 aliphatic heterocycles. The number of fused-ring (bicyclic) bond motifs is 1. The average molecular weight is 303 g/mol. The lowest BCUT2D eigenvalue weighted by molar-refractivity contribution is 0.101. The van der Waals surface area contributed by atoms with Crippen LogP contribution in [0, 0.1) is 0 Å². The van der Waals surface area contributed by atoms with Crippen molar-refractivity contribution in [1.82, 2.24) is 14.6 Å². The predicted molar refractivity (Wildman–Crippen MR) is 86.1 cm³/mol. The van der Waals surface area contributed by atoms with E-state index >= 15 is 0 Å². The Labute approximate surface area is 132 Å². The number of hydrogen-bond acceptors (Lipinski definition) is 4. The molecule has 5 nitrogen and oxygen atoms in total. The van der Waals surface area contributed by atoms with Gasteiger partial charge < -0.3 is 4.42 Å². The minimum absolute atomic E-state index is 0.0367. The van der Waals surface area contributed by atoms with Gasteiger partial charge in [0.05, 0.1) is 30.1 Å². The summed E-state index contributed by atoms with van der Waals surface area (Å²) >= 11 is 0. The summed E-state index contributed by atoms with van der Waals surface area (Å²) < 4.78 is 6.92. The first-order valence-electron chi connectivity index (χ1n) is 7.21. The van der Waals surface area contributed by atoms with Crippen LogP contribution in [0.5, 0.6) is 0 Å². The second-order valence-electron chi connectivity index (χ2n) is 5.28. The molecule has 4 rings (SSSR count). The SMILES string of the molecule is CC(=O)c1cccc(-c2ccc3ncc(-c4ccoc4)n3n2)c1. The molecule has 0 N–H and O–H groups in total. The number of ketones is 1. The molecule has 0 radical (unpaired) electrons. The lowest BCUT2D eigenvalue weighted by Crippen LogP contribution is -1.97. The fraction of sp³-hybridized carbons (Fsp3) is 0.0556. The van der Waals surface area contributed by atoms with Crippen molar-refractivity contribution in [1.29, 1.82) is 0 Å². The Balaban J connectivity index is 1.87. The lowest BCUT2D eigenvalue weighted by Gasteiger charge is -2.05. The molecular weight excluding hydrogens is 290 g/mol. The highest BCUT2D eigenvalue weighted by molar-refractivity contribution is 5.95. The maximum Gasteiger partial charge on any atom is 0.159 e. The van der Waals surface area contributed by atoms with Crippen LogP contribution in [0.4, 0.5) is 0 Å². The van der Waals surface area contributed by atoms with E-state index in [4.69, 9.17) is 4.42 Å². The van der Waals surface area contributed by atoms with Crippen LogP contribution in [0.2, 0.25) is 0 Å². The van der Waals surface area contributed by atoms with Gasteiger partial charge in [-0.1, -0.05) is 18.2 Å². The van der Waals surface area contributed by atoms with Crippen LogP contribution in [0.1, 0.15) is 17.3 Å². The van der Waals surface area contributed by atoms with E-state index in [2.05, 4.69) is 10.1 Å². The van der Waals surface area contributed by atoms with Crippen LogP contribution in [-0.4, -0.2) is 20.4 Å². The fourth-order valence-electron chi connectivity index (χ4n) is 2.53. The third-order valence-corrected chi connectivity index (χ3v) is 3.74. The van der Waals surface area contributed by atoms with Gasteiger partial charge in [-0.05, 0) is 31.2 Å². The molecule has 0 unspecified atom stereocenters. The summed E-state index contributed by atoms with van der Waals surface area (Å²) in [5, 5.41) is 4.66. The highest BCUT2D eigenvalue weighted by Crippen LogP contribution is 2.23. The van der Waals surface area contributed by atoms with Crippen LogP contribution >= 0.6 is 0 Å². The van der Waals surface area contributed by atoms with Crippen molar-refractivity contribution in [2.75, 3.05) is 0 Å². The summed E-state index contributed by atoms with van der Waals surface area (Å²) in [6.45, 7) is 1.56. The molecule has 3 aromatic heterocycles. The Kier molecular flexibility index (Phi) is 3.05. The summed E-state index contributed by atoms with van der Waals surface area (Å²) in [5.41, 5.74) is 4.88. The molecule has 0 saturated heterocycles. The standard InChI is InChI=1S/C18H13N3O2/c1-12(22)13-3-2-4-14(9-13)16-5-6-18-19-10-17(21(18)20-16)15-7-8-23-11-15/h2-11H,1H3. The second-order valence-corrected chi connectivity index (χ2v) is 5.28. The monoisotopic (exact) mass is 303 g/mol. The number of nitrogens with zero attached hydrogens (tertiary/aromatic N) is 3. The zero-order valence-electron chi connectivity index (χ0n) is 12.4. The first-order chi connectivity index (χ1) is 11.2. The largest absolute Gasteiger partial charge is 0.472 e. The molecule has 23 heavy (non-hydrogen) atoms. The molecule has 0 atom stereocenters. The van der Waals surface area contributed by atoms with Crippen molar-refractivity contribution in [3.63, 3.8) is 0 Å². The van der Waals surface area contributed by atoms with E-state index in [1.807, 2.05) is 36.4 Å². The molecule has 0 spiro atoms. The summed E-state index contributed by atoms with van der Waals surface area (Å²) in [6, 6.07) is 13.1. The molecule has 1 aromatic carbocycles. The maximum atomic E-state index is 11.6. The lowest BCUT2D eigenvalue weighted by atomic mass is 10.1. The zero-order valence-corrected chi connectivity index (χ0v) is 12.4. The van der Waals surface area contributed by atoms with Crippen LogP contribution in [0.15, 0.2) is 65.6 Å². The molecule has 0 aliphatic rings. The third kappa shape index (κ3) is 2.32. The van der Waals surface area contributed by atoms with Gasteiger partial charge in [0.15, 0.2) is 11.4 Å². The molecule has 0 saturated carbocycles. The molecule has 0 fully saturated rings. The van der Waals surface area contributed by atoms with Crippen LogP contribution in [0.25, 0.3) is 28.2 Å². The number of Topliss-reactive ketones (excluding diaryl/α,β-unsaturated/α-hetero) is 1. The molecule has 112 valence electrons. The van der Waals surface area contributed by atoms with E-state index in [1.165, 1.54) is 0 Å². The summed E-state index contributed by atoms with van der Waals surface area (Å²) in [4.78, 5) is 15.9. The van der Waals surface area contributed by atoms with Gasteiger partial charge in [0.25, 0.3) is 0 Å². The van der Waals surface area contributed by atoms with Gasteiger partial charge in [-0.3, -0.25) is 4.79 Å². The quantitative estimate of drug-likeness (QED) is 0.539. The van der Waals surface area contributed by atoms with E-state index in [0.717, 1.165) is 28.2 Å². The van der Waals surface area contributed by atoms with Crippen molar-refractivity contribution in [2.24, 2.45) is 0 Å². The maximum absolute atomic E-state index is 11.6. The third-order valence-electron chi connectivity index (χ3n) is 3.74. The number of carbonyl (C=O) groups excluding carboxylic acids is 1. The molecule has 0 amide bonds. The van der Waals surface area contributed by atoms with Crippen molar-refractivity contribution in [2.45, 2.75) is 6.92 Å². The normalized spacial score (nSPS) is 11.0. The number of carbonyl (C=O) groups is 1. The van der Waals surface area contributed by atoms with Gasteiger partial charge >= 0.3 is 0 Å². The van der Waals surface area contributed by atoms with Crippen molar-refractivity contribution >= 4 is 11.4 Å². The molecule has 0 bridgehead atoms. The Morgan fingerprint density at radius 1 is 1.13 bits per heavy atom. The predicted octanol–water partition coefficient (Wildman–Crippen LogP) is 3.86. The van der Waals surface area contributed by atoms with Gasteiger partial charge in [0, 0.05) is 16.7 Å². The van der Waals surface area contributed by atoms with E-state index < -0.39 is 0 Å². The van der Waals surface area contributed by atoms with Crippen molar-refractivity contribution in [3.8, 4) is 22.5 Å². The number of benzene rings is 1. The van der Waals surface area contributed by atoms with E-state index in [1.54, 1.807) is 36.2 Å². The minimum Gasteiger partial charge on any atom is -0.472 e. The number of imidazole rings is 1. The van der Waals surface area contributed by atoms with Gasteiger partial charge in [-0.2, -0.15) is 5.10 Å². The van der Waals surface area contributed by atoms with E-state index in [9.17, 15) is 4.79 Å². The molecule has 4 aromatic rings. The van der Waals surface area contributed by atoms with Gasteiger partial charge in [0.2, 0.25) is 0 Å². The molecule has 5 heteroatoms. The highest BCUT2D eigenvalue weighted by Gasteiger charge is 2.10. The summed E-state index contributed by atoms with van der Waals surface area (Å²) in [5.74, 6) is 0.0367. The second kappa shape index (κ2) is 5.21. The number of rotatable bonds is 3. The fourth-order valence-corrected chi connectivity index (χ4v) is 2.53. The number of hydrogen-bond donors (Lipinski definition) is 0. The topological polar surface area (TPSA) is 60.4 Å². The Hall–Kier alpha value is -3.21. The van der Waals surface area contributed by atoms with Gasteiger partial charge in [-0.25, -0.2) is 9.50 Å². The van der Waals surface area contributed by atoms with Crippen LogP contribution < -0.4 is 0 Å². The van der Waals surface area contributed by atoms with Gasteiger partial charge in [-0.15, -0.1) is 0 Å². The Morgan fingerprint density at radius 3 is 2.83 bits per heavy atom. The Bertz CT molecular complexity index is 1000.